The average molecular weight is 311 g/mol. The molecule has 116 valence electrons. The van der Waals surface area contributed by atoms with Crippen LogP contribution in [0.1, 0.15) is 23.7 Å². The van der Waals surface area contributed by atoms with Crippen LogP contribution in [0.25, 0.3) is 0 Å². The summed E-state index contributed by atoms with van der Waals surface area (Å²) in [4.78, 5) is 13.9. The van der Waals surface area contributed by atoms with Crippen molar-refractivity contribution in [1.82, 2.24) is 4.90 Å². The average Bonchev–Trinajstić information content (AvgIpc) is 2.53. The SMILES string of the molecule is CCC(=O)c1ccc(S(=O)(=O)CCN2CCOCC2)cc1. The minimum atomic E-state index is -3.30. The lowest BCUT2D eigenvalue weighted by Crippen LogP contribution is -2.39. The predicted molar refractivity (Wildman–Crippen MR) is 80.4 cm³/mol. The molecule has 1 heterocycles. The van der Waals surface area contributed by atoms with Crippen LogP contribution < -0.4 is 0 Å². The maximum Gasteiger partial charge on any atom is 0.179 e. The highest BCUT2D eigenvalue weighted by Gasteiger charge is 2.18. The third-order valence-electron chi connectivity index (χ3n) is 3.64. The highest BCUT2D eigenvalue weighted by atomic mass is 32.2. The number of ketones is 1. The lowest BCUT2D eigenvalue weighted by Gasteiger charge is -2.26. The number of Topliss-reactive ketones (excluding diaryl/α,β-unsaturated/α-hetero) is 1. The fourth-order valence-electron chi connectivity index (χ4n) is 2.24. The van der Waals surface area contributed by atoms with E-state index in [1.54, 1.807) is 19.1 Å². The monoisotopic (exact) mass is 311 g/mol. The lowest BCUT2D eigenvalue weighted by molar-refractivity contribution is 0.0408. The zero-order chi connectivity index (χ0) is 15.3. The van der Waals surface area contributed by atoms with Gasteiger partial charge in [0.1, 0.15) is 0 Å². The van der Waals surface area contributed by atoms with Crippen LogP contribution in [-0.4, -0.2) is 57.7 Å². The summed E-state index contributed by atoms with van der Waals surface area (Å²) in [6, 6.07) is 6.23. The van der Waals surface area contributed by atoms with Gasteiger partial charge in [-0.25, -0.2) is 8.42 Å². The van der Waals surface area contributed by atoms with Gasteiger partial charge in [-0.2, -0.15) is 0 Å². The van der Waals surface area contributed by atoms with Crippen molar-refractivity contribution in [3.63, 3.8) is 0 Å². The Labute approximate surface area is 125 Å². The topological polar surface area (TPSA) is 63.7 Å². The van der Waals surface area contributed by atoms with E-state index in [9.17, 15) is 13.2 Å². The van der Waals surface area contributed by atoms with Gasteiger partial charge in [-0.05, 0) is 12.1 Å². The first-order valence-corrected chi connectivity index (χ1v) is 8.84. The lowest BCUT2D eigenvalue weighted by atomic mass is 10.1. The van der Waals surface area contributed by atoms with E-state index in [0.717, 1.165) is 13.1 Å². The van der Waals surface area contributed by atoms with Crippen LogP contribution in [0.5, 0.6) is 0 Å². The molecule has 21 heavy (non-hydrogen) atoms. The van der Waals surface area contributed by atoms with Crippen LogP contribution in [0.2, 0.25) is 0 Å². The Morgan fingerprint density at radius 1 is 1.19 bits per heavy atom. The van der Waals surface area contributed by atoms with Crippen molar-refractivity contribution in [1.29, 1.82) is 0 Å². The van der Waals surface area contributed by atoms with Gasteiger partial charge in [-0.1, -0.05) is 19.1 Å². The number of sulfone groups is 1. The third kappa shape index (κ3) is 4.36. The van der Waals surface area contributed by atoms with Crippen molar-refractivity contribution in [3.8, 4) is 0 Å². The second kappa shape index (κ2) is 7.15. The highest BCUT2D eigenvalue weighted by molar-refractivity contribution is 7.91. The summed E-state index contributed by atoms with van der Waals surface area (Å²) in [6.45, 7) is 5.18. The molecule has 0 aromatic heterocycles. The fraction of sp³-hybridized carbons (Fsp3) is 0.533. The first kappa shape index (κ1) is 16.1. The maximum absolute atomic E-state index is 12.3. The molecule has 0 saturated carbocycles. The van der Waals surface area contributed by atoms with Crippen molar-refractivity contribution in [2.75, 3.05) is 38.6 Å². The standard InChI is InChI=1S/C15H21NO4S/c1-2-15(17)13-3-5-14(6-4-13)21(18,19)12-9-16-7-10-20-11-8-16/h3-6H,2,7-12H2,1H3. The van der Waals surface area contributed by atoms with Gasteiger partial charge in [0.25, 0.3) is 0 Å². The van der Waals surface area contributed by atoms with E-state index in [-0.39, 0.29) is 16.4 Å². The first-order chi connectivity index (χ1) is 10.0. The summed E-state index contributed by atoms with van der Waals surface area (Å²) in [5.74, 6) is 0.112. The normalized spacial score (nSPS) is 16.8. The molecule has 0 N–H and O–H groups in total. The molecule has 0 radical (unpaired) electrons. The van der Waals surface area contributed by atoms with Crippen molar-refractivity contribution >= 4 is 15.6 Å². The van der Waals surface area contributed by atoms with E-state index in [4.69, 9.17) is 4.74 Å². The Hall–Kier alpha value is -1.24. The molecule has 0 amide bonds. The molecule has 0 unspecified atom stereocenters. The number of ether oxygens (including phenoxy) is 1. The zero-order valence-electron chi connectivity index (χ0n) is 12.2. The molecule has 1 saturated heterocycles. The molecule has 1 aromatic carbocycles. The van der Waals surface area contributed by atoms with E-state index in [2.05, 4.69) is 4.90 Å². The Kier molecular flexibility index (Phi) is 5.50. The van der Waals surface area contributed by atoms with E-state index in [1.165, 1.54) is 12.1 Å². The quantitative estimate of drug-likeness (QED) is 0.743. The molecular formula is C15H21NO4S. The summed E-state index contributed by atoms with van der Waals surface area (Å²) in [5.41, 5.74) is 0.560. The van der Waals surface area contributed by atoms with Crippen LogP contribution in [0.15, 0.2) is 29.2 Å². The highest BCUT2D eigenvalue weighted by Crippen LogP contribution is 2.14. The van der Waals surface area contributed by atoms with Gasteiger partial charge in [0.2, 0.25) is 0 Å². The van der Waals surface area contributed by atoms with Crippen molar-refractivity contribution in [2.45, 2.75) is 18.2 Å². The number of carbonyl (C=O) groups excluding carboxylic acids is 1. The second-order valence-corrected chi connectivity index (χ2v) is 7.18. The molecule has 6 heteroatoms. The summed E-state index contributed by atoms with van der Waals surface area (Å²) >= 11 is 0. The maximum atomic E-state index is 12.3. The molecular weight excluding hydrogens is 290 g/mol. The van der Waals surface area contributed by atoms with Crippen LogP contribution in [-0.2, 0) is 14.6 Å². The molecule has 0 aliphatic carbocycles. The Balaban J connectivity index is 1.99. The number of hydrogen-bond donors (Lipinski definition) is 0. The summed E-state index contributed by atoms with van der Waals surface area (Å²) in [6.07, 6.45) is 0.420. The van der Waals surface area contributed by atoms with E-state index in [0.29, 0.717) is 31.7 Å². The summed E-state index contributed by atoms with van der Waals surface area (Å²) in [7, 11) is -3.30. The smallest absolute Gasteiger partial charge is 0.179 e. The fourth-order valence-corrected chi connectivity index (χ4v) is 3.53. The number of morpholine rings is 1. The van der Waals surface area contributed by atoms with Crippen molar-refractivity contribution in [3.05, 3.63) is 29.8 Å². The molecule has 5 nitrogen and oxygen atoms in total. The summed E-state index contributed by atoms with van der Waals surface area (Å²) in [5, 5.41) is 0. The summed E-state index contributed by atoms with van der Waals surface area (Å²) < 4.78 is 29.8. The molecule has 1 aliphatic rings. The first-order valence-electron chi connectivity index (χ1n) is 7.19. The minimum absolute atomic E-state index is 0.0206. The van der Waals surface area contributed by atoms with E-state index in [1.807, 2.05) is 0 Å². The third-order valence-corrected chi connectivity index (χ3v) is 5.35. The molecule has 0 spiro atoms. The molecule has 1 aromatic rings. The van der Waals surface area contributed by atoms with Crippen molar-refractivity contribution < 1.29 is 17.9 Å². The molecule has 1 fully saturated rings. The van der Waals surface area contributed by atoms with Gasteiger partial charge in [0.15, 0.2) is 15.6 Å². The van der Waals surface area contributed by atoms with Crippen LogP contribution in [0.4, 0.5) is 0 Å². The zero-order valence-corrected chi connectivity index (χ0v) is 13.1. The Morgan fingerprint density at radius 3 is 2.38 bits per heavy atom. The number of carbonyl (C=O) groups is 1. The van der Waals surface area contributed by atoms with Gasteiger partial charge in [0, 0.05) is 31.6 Å². The van der Waals surface area contributed by atoms with Crippen LogP contribution >= 0.6 is 0 Å². The van der Waals surface area contributed by atoms with Gasteiger partial charge in [0.05, 0.1) is 23.9 Å². The van der Waals surface area contributed by atoms with E-state index >= 15 is 0 Å². The minimum Gasteiger partial charge on any atom is -0.379 e. The van der Waals surface area contributed by atoms with Crippen LogP contribution in [0.3, 0.4) is 0 Å². The number of nitrogens with zero attached hydrogens (tertiary/aromatic N) is 1. The number of rotatable bonds is 6. The van der Waals surface area contributed by atoms with E-state index < -0.39 is 9.84 Å². The second-order valence-electron chi connectivity index (χ2n) is 5.07. The molecule has 0 atom stereocenters. The number of hydrogen-bond acceptors (Lipinski definition) is 5. The van der Waals surface area contributed by atoms with Gasteiger partial charge >= 0.3 is 0 Å². The van der Waals surface area contributed by atoms with Gasteiger partial charge in [-0.15, -0.1) is 0 Å². The Morgan fingerprint density at radius 2 is 1.81 bits per heavy atom. The number of benzene rings is 1. The van der Waals surface area contributed by atoms with Crippen molar-refractivity contribution in [2.24, 2.45) is 0 Å². The molecule has 0 bridgehead atoms. The molecule has 2 rings (SSSR count). The predicted octanol–water partition coefficient (Wildman–Crippen LogP) is 1.39. The van der Waals surface area contributed by atoms with Gasteiger partial charge in [-0.3, -0.25) is 9.69 Å². The molecule has 1 aliphatic heterocycles. The van der Waals surface area contributed by atoms with Gasteiger partial charge < -0.3 is 4.74 Å². The largest absolute Gasteiger partial charge is 0.379 e. The Bertz CT molecular complexity index is 574. The van der Waals surface area contributed by atoms with Crippen LogP contribution in [0, 0.1) is 0 Å².